The Morgan fingerprint density at radius 2 is 0.874 bits per heavy atom. The molecular weight excluding hydrogens is 1050 g/mol. The molecule has 4 heteroatoms. The highest BCUT2D eigenvalue weighted by Crippen LogP contribution is 2.67. The number of hydrogen-bond acceptors (Lipinski definition) is 3. The van der Waals surface area contributed by atoms with Crippen LogP contribution < -0.4 is 31.1 Å². The van der Waals surface area contributed by atoms with Crippen molar-refractivity contribution in [3.05, 3.63) is 244 Å². The Bertz CT molecular complexity index is 4230. The lowest BCUT2D eigenvalue weighted by Crippen LogP contribution is -2.62. The highest BCUT2D eigenvalue weighted by molar-refractivity contribution is 7.00. The van der Waals surface area contributed by atoms with Gasteiger partial charge in [-0.05, 0) is 197 Å². The third-order valence-electron chi connectivity index (χ3n) is 21.7. The van der Waals surface area contributed by atoms with Crippen LogP contribution in [-0.4, -0.2) is 6.71 Å². The van der Waals surface area contributed by atoms with E-state index in [0.29, 0.717) is 0 Å². The Morgan fingerprint density at radius 3 is 1.49 bits per heavy atom. The van der Waals surface area contributed by atoms with Gasteiger partial charge in [0.05, 0.1) is 16.6 Å². The van der Waals surface area contributed by atoms with E-state index in [9.17, 15) is 0 Å². The van der Waals surface area contributed by atoms with Crippen molar-refractivity contribution in [2.45, 2.75) is 187 Å². The summed E-state index contributed by atoms with van der Waals surface area (Å²) in [6.45, 7) is 40.9. The first-order chi connectivity index (χ1) is 41.0. The summed E-state index contributed by atoms with van der Waals surface area (Å²) >= 11 is 0. The molecule has 0 spiro atoms. The van der Waals surface area contributed by atoms with Gasteiger partial charge in [-0.2, -0.15) is 0 Å². The van der Waals surface area contributed by atoms with E-state index in [2.05, 4.69) is 320 Å². The molecule has 0 saturated carbocycles. The standard InChI is InChI=1S/C83H90BN3/c1-76(2,3)55-32-37-60(38-33-55)85-71-41-36-59(79(10,11)12)48-67(71)84-68-51-64-65(81(15,16)45-44-80(64,13)14)52-72(68)86(69-39-34-57(77(4,5)6)46-62(69)53-26-20-18-21-27-53)74-50-61(49-73(85)75(74)84)87-70-40-35-58(78(7,8)9)47-66(70)83(56-29-22-19-23-30-56)43-42-54-28-24-25-31-63(54)82(83,87)17/h18-41,46-52H,42-45H2,1-17H3. The number of benzene rings is 9. The van der Waals surface area contributed by atoms with Gasteiger partial charge in [-0.15, -0.1) is 0 Å². The van der Waals surface area contributed by atoms with Gasteiger partial charge in [0, 0.05) is 45.4 Å². The van der Waals surface area contributed by atoms with Crippen LogP contribution in [-0.2, 0) is 49.9 Å². The second-order valence-electron chi connectivity index (χ2n) is 32.2. The zero-order valence-corrected chi connectivity index (χ0v) is 55.1. The fraction of sp³-hybridized carbons (Fsp3) is 0.349. The molecule has 2 atom stereocenters. The van der Waals surface area contributed by atoms with Crippen molar-refractivity contribution in [1.29, 1.82) is 0 Å². The summed E-state index contributed by atoms with van der Waals surface area (Å²) in [5.74, 6) is 0. The average Bonchev–Trinajstić information content (AvgIpc) is 1.59. The van der Waals surface area contributed by atoms with E-state index >= 15 is 0 Å². The van der Waals surface area contributed by atoms with Crippen molar-refractivity contribution in [2.24, 2.45) is 0 Å². The maximum Gasteiger partial charge on any atom is 0.252 e. The number of rotatable bonds is 5. The number of nitrogens with zero attached hydrogens (tertiary/aromatic N) is 3. The summed E-state index contributed by atoms with van der Waals surface area (Å²) in [7, 11) is 0. The molecule has 0 N–H and O–H groups in total. The van der Waals surface area contributed by atoms with Gasteiger partial charge in [-0.1, -0.05) is 244 Å². The highest BCUT2D eigenvalue weighted by Gasteiger charge is 2.64. The number of anilines is 8. The molecule has 14 rings (SSSR count). The van der Waals surface area contributed by atoms with Crippen molar-refractivity contribution in [2.75, 3.05) is 14.7 Å². The van der Waals surface area contributed by atoms with Crippen LogP contribution in [0.25, 0.3) is 11.1 Å². The first-order valence-electron chi connectivity index (χ1n) is 32.5. The lowest BCUT2D eigenvalue weighted by atomic mass is 9.33. The van der Waals surface area contributed by atoms with Crippen LogP contribution in [0, 0.1) is 0 Å². The summed E-state index contributed by atoms with van der Waals surface area (Å²) in [4.78, 5) is 8.28. The van der Waals surface area contributed by atoms with E-state index in [1.165, 1.54) is 129 Å². The highest BCUT2D eigenvalue weighted by atomic mass is 15.3. The molecular formula is C83H90BN3. The Hall–Kier alpha value is -7.56. The molecule has 3 heterocycles. The monoisotopic (exact) mass is 1140 g/mol. The van der Waals surface area contributed by atoms with E-state index in [1.54, 1.807) is 0 Å². The molecule has 440 valence electrons. The van der Waals surface area contributed by atoms with Crippen LogP contribution in [0.1, 0.15) is 193 Å². The summed E-state index contributed by atoms with van der Waals surface area (Å²) in [6.07, 6.45) is 4.24. The van der Waals surface area contributed by atoms with Gasteiger partial charge in [0.2, 0.25) is 0 Å². The Balaban J connectivity index is 1.18. The summed E-state index contributed by atoms with van der Waals surface area (Å²) in [5.41, 5.74) is 29.0. The summed E-state index contributed by atoms with van der Waals surface area (Å²) in [6, 6.07) is 75.2. The molecule has 0 amide bonds. The molecule has 9 aromatic carbocycles. The molecule has 2 unspecified atom stereocenters. The first kappa shape index (κ1) is 57.2. The molecule has 0 saturated heterocycles. The zero-order chi connectivity index (χ0) is 61.3. The van der Waals surface area contributed by atoms with E-state index in [-0.39, 0.29) is 39.2 Å². The van der Waals surface area contributed by atoms with Gasteiger partial charge in [0.15, 0.2) is 0 Å². The lowest BCUT2D eigenvalue weighted by Gasteiger charge is -2.53. The molecule has 5 aliphatic rings. The minimum absolute atomic E-state index is 0.0121. The lowest BCUT2D eigenvalue weighted by molar-refractivity contribution is 0.270. The van der Waals surface area contributed by atoms with Gasteiger partial charge >= 0.3 is 0 Å². The largest absolute Gasteiger partial charge is 0.330 e. The van der Waals surface area contributed by atoms with E-state index in [4.69, 9.17) is 0 Å². The topological polar surface area (TPSA) is 9.72 Å². The van der Waals surface area contributed by atoms with Crippen molar-refractivity contribution in [3.8, 4) is 11.1 Å². The smallest absolute Gasteiger partial charge is 0.252 e. The predicted molar refractivity (Wildman–Crippen MR) is 374 cm³/mol. The van der Waals surface area contributed by atoms with Gasteiger partial charge in [0.1, 0.15) is 0 Å². The average molecular weight is 1140 g/mol. The molecule has 3 aliphatic heterocycles. The van der Waals surface area contributed by atoms with Crippen LogP contribution in [0.4, 0.5) is 45.5 Å². The van der Waals surface area contributed by atoms with Crippen molar-refractivity contribution in [1.82, 2.24) is 0 Å². The fourth-order valence-electron chi connectivity index (χ4n) is 16.5. The minimum Gasteiger partial charge on any atom is -0.330 e. The van der Waals surface area contributed by atoms with Gasteiger partial charge in [-0.25, -0.2) is 0 Å². The van der Waals surface area contributed by atoms with Gasteiger partial charge in [0.25, 0.3) is 6.71 Å². The Morgan fingerprint density at radius 1 is 0.368 bits per heavy atom. The van der Waals surface area contributed by atoms with Crippen LogP contribution in [0.3, 0.4) is 0 Å². The quantitative estimate of drug-likeness (QED) is 0.159. The van der Waals surface area contributed by atoms with Crippen LogP contribution in [0.15, 0.2) is 188 Å². The van der Waals surface area contributed by atoms with Gasteiger partial charge < -0.3 is 14.7 Å². The van der Waals surface area contributed by atoms with Crippen molar-refractivity contribution in [3.63, 3.8) is 0 Å². The van der Waals surface area contributed by atoms with Gasteiger partial charge in [-0.3, -0.25) is 0 Å². The second kappa shape index (κ2) is 19.2. The van der Waals surface area contributed by atoms with E-state index < -0.39 is 11.0 Å². The van der Waals surface area contributed by atoms with Crippen molar-refractivity contribution >= 4 is 68.6 Å². The third-order valence-corrected chi connectivity index (χ3v) is 21.7. The zero-order valence-electron chi connectivity index (χ0n) is 55.1. The molecule has 9 aromatic rings. The van der Waals surface area contributed by atoms with E-state index in [1.807, 2.05) is 0 Å². The number of aryl methyl sites for hydroxylation is 1. The normalized spacial score (nSPS) is 19.8. The Kier molecular flexibility index (Phi) is 12.6. The summed E-state index contributed by atoms with van der Waals surface area (Å²) < 4.78 is 0. The molecule has 0 fully saturated rings. The van der Waals surface area contributed by atoms with Crippen LogP contribution in [0.5, 0.6) is 0 Å². The maximum absolute atomic E-state index is 2.84. The Labute approximate surface area is 522 Å². The molecule has 2 aliphatic carbocycles. The molecule has 0 aromatic heterocycles. The van der Waals surface area contributed by atoms with Crippen LogP contribution >= 0.6 is 0 Å². The van der Waals surface area contributed by atoms with Crippen molar-refractivity contribution < 1.29 is 0 Å². The minimum atomic E-state index is -0.564. The second-order valence-corrected chi connectivity index (χ2v) is 32.2. The molecule has 87 heavy (non-hydrogen) atoms. The number of hydrogen-bond donors (Lipinski definition) is 0. The molecule has 0 bridgehead atoms. The third kappa shape index (κ3) is 8.63. The SMILES string of the molecule is CC(C)(C)c1ccc(N2c3ccc(C(C)(C)C)cc3B3c4cc5c(cc4N(c4ccc(C(C)(C)C)cc4-c4ccccc4)c4cc(N6c7ccc(C(C)(C)C)cc7C7(c8ccccc8)CCc8ccccc8C67C)cc2c43)C(C)(C)CCC5(C)C)cc1. The molecule has 0 radical (unpaired) electrons. The maximum atomic E-state index is 2.84. The molecule has 3 nitrogen and oxygen atoms in total. The first-order valence-corrected chi connectivity index (χ1v) is 32.5. The van der Waals surface area contributed by atoms with Crippen LogP contribution in [0.2, 0.25) is 0 Å². The fourth-order valence-corrected chi connectivity index (χ4v) is 16.5. The van der Waals surface area contributed by atoms with E-state index in [0.717, 1.165) is 25.7 Å². The predicted octanol–water partition coefficient (Wildman–Crippen LogP) is 20.3. The number of fused-ring (bicyclic) bond motifs is 10. The summed E-state index contributed by atoms with van der Waals surface area (Å²) in [5, 5.41) is 0.